The van der Waals surface area contributed by atoms with Gasteiger partial charge in [0, 0.05) is 47.7 Å². The summed E-state index contributed by atoms with van der Waals surface area (Å²) >= 11 is 0. The summed E-state index contributed by atoms with van der Waals surface area (Å²) < 4.78 is 27.8. The highest BCUT2D eigenvalue weighted by Crippen LogP contribution is 2.46. The summed E-state index contributed by atoms with van der Waals surface area (Å²) in [6.07, 6.45) is 0.572. The van der Waals surface area contributed by atoms with Crippen molar-refractivity contribution in [1.29, 1.82) is 0 Å². The second-order valence-electron chi connectivity index (χ2n) is 18.7. The first kappa shape index (κ1) is 57.7. The SMILES string of the molecule is CC[C@@]1(O)C(=O)OCc2c1cc1n(c2=O)Cc2c-1nc1cc(F)c(C)c3c1c2[C@@H](NC(=O)[C@@H](C)OCNC(=O)CNC(=O)[C@H](Cc1ccccc1)NC(=O)CNC(=O)CNC(=O)[C@H](CNCC(=O)O)NC(=O)/C=C\C(=O)O)CC3. The summed E-state index contributed by atoms with van der Waals surface area (Å²) in [5.41, 5.74) is 1.53. The summed E-state index contributed by atoms with van der Waals surface area (Å²) in [4.78, 5) is 144. The number of rotatable bonds is 24. The average Bonchev–Trinajstić information content (AvgIpc) is 3.85. The van der Waals surface area contributed by atoms with Gasteiger partial charge in [-0.05, 0) is 61.4 Å². The smallest absolute Gasteiger partial charge is 0.343 e. The van der Waals surface area contributed by atoms with Crippen molar-refractivity contribution >= 4 is 70.2 Å². The van der Waals surface area contributed by atoms with E-state index in [1.165, 1.54) is 17.6 Å². The minimum Gasteiger partial charge on any atom is -0.480 e. The summed E-state index contributed by atoms with van der Waals surface area (Å²) in [7, 11) is 0. The van der Waals surface area contributed by atoms with Gasteiger partial charge in [0.25, 0.3) is 5.56 Å². The quantitative estimate of drug-likeness (QED) is 0.0181. The van der Waals surface area contributed by atoms with Gasteiger partial charge in [0.1, 0.15) is 37.3 Å². The van der Waals surface area contributed by atoms with Crippen molar-refractivity contribution in [3.05, 3.63) is 110 Å². The highest BCUT2D eigenvalue weighted by atomic mass is 19.1. The molecule has 11 N–H and O–H groups in total. The lowest BCUT2D eigenvalue weighted by atomic mass is 9.81. The number of ether oxygens (including phenoxy) is 2. The Morgan fingerprint density at radius 2 is 1.54 bits per heavy atom. The Labute approximate surface area is 448 Å². The number of hydrogen-bond acceptors (Lipinski definition) is 16. The van der Waals surface area contributed by atoms with E-state index in [-0.39, 0.29) is 42.6 Å². The van der Waals surface area contributed by atoms with Gasteiger partial charge >= 0.3 is 17.9 Å². The highest BCUT2D eigenvalue weighted by molar-refractivity contribution is 5.98. The van der Waals surface area contributed by atoms with E-state index >= 15 is 4.39 Å². The molecule has 7 amide bonds. The zero-order valence-corrected chi connectivity index (χ0v) is 42.9. The summed E-state index contributed by atoms with van der Waals surface area (Å²) in [6, 6.07) is 7.96. The number of carbonyl (C=O) groups excluding carboxylic acids is 8. The number of fused-ring (bicyclic) bond motifs is 5. The van der Waals surface area contributed by atoms with Crippen molar-refractivity contribution in [3.63, 3.8) is 0 Å². The Morgan fingerprint density at radius 1 is 0.861 bits per heavy atom. The normalized spacial score (nSPS) is 16.9. The number of carbonyl (C=O) groups is 10. The highest BCUT2D eigenvalue weighted by Gasteiger charge is 2.46. The number of hydrogen-bond donors (Lipinski definition) is 11. The lowest BCUT2D eigenvalue weighted by Crippen LogP contribution is -2.54. The molecule has 0 unspecified atom stereocenters. The summed E-state index contributed by atoms with van der Waals surface area (Å²) in [5.74, 6) is -9.87. The van der Waals surface area contributed by atoms with Crippen LogP contribution in [0.25, 0.3) is 22.3 Å². The Morgan fingerprint density at radius 3 is 2.23 bits per heavy atom. The number of benzene rings is 2. The zero-order valence-electron chi connectivity index (χ0n) is 42.9. The number of nitrogens with zero attached hydrogens (tertiary/aromatic N) is 2. The van der Waals surface area contributed by atoms with Crippen LogP contribution in [0.3, 0.4) is 0 Å². The lowest BCUT2D eigenvalue weighted by Gasteiger charge is -2.31. The third-order valence-corrected chi connectivity index (χ3v) is 13.5. The number of nitrogens with one attached hydrogen (secondary N) is 8. The van der Waals surface area contributed by atoms with E-state index in [0.717, 1.165) is 0 Å². The van der Waals surface area contributed by atoms with Crippen LogP contribution in [-0.4, -0.2) is 142 Å². The molecule has 418 valence electrons. The van der Waals surface area contributed by atoms with Crippen LogP contribution in [0.5, 0.6) is 0 Å². The zero-order chi connectivity index (χ0) is 57.3. The maximum Gasteiger partial charge on any atom is 0.343 e. The number of carboxylic acids is 2. The Kier molecular flexibility index (Phi) is 18.3. The second-order valence-corrected chi connectivity index (χ2v) is 18.7. The lowest BCUT2D eigenvalue weighted by molar-refractivity contribution is -0.172. The molecule has 7 rings (SSSR count). The molecule has 0 fully saturated rings. The number of carboxylic acid groups (broad SMARTS) is 2. The largest absolute Gasteiger partial charge is 0.480 e. The first-order valence-electron chi connectivity index (χ1n) is 24.9. The van der Waals surface area contributed by atoms with Crippen molar-refractivity contribution in [1.82, 2.24) is 52.1 Å². The second kappa shape index (κ2) is 25.0. The number of aliphatic carboxylic acids is 2. The molecule has 0 bridgehead atoms. The van der Waals surface area contributed by atoms with E-state index < -0.39 is 140 Å². The van der Waals surface area contributed by atoms with Crippen LogP contribution in [0.1, 0.15) is 71.7 Å². The molecule has 2 aliphatic heterocycles. The fraction of sp³-hybridized carbons (Fsp3) is 0.385. The van der Waals surface area contributed by atoms with Gasteiger partial charge in [-0.2, -0.15) is 0 Å². The van der Waals surface area contributed by atoms with Crippen molar-refractivity contribution in [2.24, 2.45) is 0 Å². The molecule has 4 heterocycles. The Hall–Kier alpha value is -8.95. The topological polar surface area (TPSA) is 381 Å². The van der Waals surface area contributed by atoms with Crippen molar-refractivity contribution in [3.8, 4) is 11.4 Å². The van der Waals surface area contributed by atoms with Gasteiger partial charge in [-0.1, -0.05) is 37.3 Å². The van der Waals surface area contributed by atoms with Crippen LogP contribution in [0.15, 0.2) is 59.4 Å². The van der Waals surface area contributed by atoms with E-state index in [1.807, 2.05) is 0 Å². The van der Waals surface area contributed by atoms with E-state index in [1.54, 1.807) is 50.2 Å². The number of aromatic nitrogens is 2. The average molecular weight is 1100 g/mol. The summed E-state index contributed by atoms with van der Waals surface area (Å²) in [6.45, 7) is 0.902. The third kappa shape index (κ3) is 13.4. The molecular formula is C52H57FN10O16. The Balaban J connectivity index is 0.925. The van der Waals surface area contributed by atoms with Crippen LogP contribution in [0.4, 0.5) is 4.39 Å². The fourth-order valence-corrected chi connectivity index (χ4v) is 9.40. The molecule has 79 heavy (non-hydrogen) atoms. The van der Waals surface area contributed by atoms with Gasteiger partial charge in [0.2, 0.25) is 41.4 Å². The molecule has 5 atom stereocenters. The van der Waals surface area contributed by atoms with Crippen molar-refractivity contribution in [2.45, 2.75) is 89.4 Å². The molecule has 27 heteroatoms. The van der Waals surface area contributed by atoms with E-state index in [0.29, 0.717) is 69.6 Å². The predicted molar refractivity (Wildman–Crippen MR) is 272 cm³/mol. The monoisotopic (exact) mass is 1100 g/mol. The Bertz CT molecular complexity index is 3240. The van der Waals surface area contributed by atoms with Gasteiger partial charge in [0.15, 0.2) is 5.60 Å². The number of aryl methyl sites for hydroxylation is 1. The first-order chi connectivity index (χ1) is 37.6. The number of aliphatic hydroxyl groups is 1. The van der Waals surface area contributed by atoms with Gasteiger partial charge in [0.05, 0.1) is 61.2 Å². The minimum atomic E-state index is -2.07. The molecule has 0 saturated carbocycles. The van der Waals surface area contributed by atoms with Crippen LogP contribution in [-0.2, 0) is 89.0 Å². The number of cyclic esters (lactones) is 1. The minimum absolute atomic E-state index is 0.0242. The van der Waals surface area contributed by atoms with Crippen molar-refractivity contribution in [2.75, 3.05) is 39.5 Å². The van der Waals surface area contributed by atoms with Crippen LogP contribution >= 0.6 is 0 Å². The molecule has 4 aromatic rings. The molecule has 26 nitrogen and oxygen atoms in total. The van der Waals surface area contributed by atoms with Crippen LogP contribution in [0.2, 0.25) is 0 Å². The molecule has 0 radical (unpaired) electrons. The molecule has 1 aliphatic carbocycles. The maximum atomic E-state index is 15.4. The van der Waals surface area contributed by atoms with E-state index in [9.17, 15) is 57.8 Å². The molecule has 2 aromatic carbocycles. The predicted octanol–water partition coefficient (Wildman–Crippen LogP) is -2.01. The molecule has 3 aliphatic rings. The number of amides is 7. The van der Waals surface area contributed by atoms with Gasteiger partial charge in [-0.25, -0.2) is 19.0 Å². The number of halogens is 1. The van der Waals surface area contributed by atoms with Gasteiger partial charge in [-0.3, -0.25) is 43.2 Å². The first-order valence-corrected chi connectivity index (χ1v) is 24.9. The number of esters is 1. The third-order valence-electron chi connectivity index (χ3n) is 13.5. The van der Waals surface area contributed by atoms with Crippen LogP contribution in [0, 0.1) is 12.7 Å². The van der Waals surface area contributed by atoms with Gasteiger partial charge in [-0.15, -0.1) is 0 Å². The fourth-order valence-electron chi connectivity index (χ4n) is 9.40. The van der Waals surface area contributed by atoms with E-state index in [4.69, 9.17) is 24.7 Å². The maximum absolute atomic E-state index is 15.4. The standard InChI is InChI=1S/C52H57FN10O16/c1-4-52(77)31-15-37-46-29(22-63(37)50(75)30(31)23-78-51(52)76)45-33(11-10-28-25(2)32(53)16-34(61-46)44(28)45)62-47(72)26(3)79-24-58-40(66)19-56-48(73)35(14-27-8-6-5-7-9-27)59-41(67)20-55-39(65)18-57-49(74)36(17-54-21-43(70)71)60-38(64)12-13-42(68)69/h5-9,12-13,15-16,26,33,35-36,54,77H,4,10-11,14,17-24H2,1-3H3,(H,55,65)(H,56,73)(H,57,74)(H,58,66)(H,59,67)(H,60,64)(H,62,72)(H,68,69)(H,70,71)/b13-12-/t26-,33+,35+,36+,52+/m1/s1. The van der Waals surface area contributed by atoms with Crippen LogP contribution < -0.4 is 48.1 Å². The number of pyridine rings is 2. The molecular weight excluding hydrogens is 1040 g/mol. The van der Waals surface area contributed by atoms with E-state index in [2.05, 4.69) is 42.5 Å². The van der Waals surface area contributed by atoms with Gasteiger partial charge < -0.3 is 71.9 Å². The molecule has 0 saturated heterocycles. The molecule has 2 aromatic heterocycles. The molecule has 0 spiro atoms. The summed E-state index contributed by atoms with van der Waals surface area (Å²) in [5, 5.41) is 49.1. The van der Waals surface area contributed by atoms with Crippen molar-refractivity contribution < 1.29 is 77.1 Å².